The van der Waals surface area contributed by atoms with Gasteiger partial charge in [-0.1, -0.05) is 0 Å². The van der Waals surface area contributed by atoms with Gasteiger partial charge in [-0.05, 0) is 0 Å². The highest BCUT2D eigenvalue weighted by Crippen LogP contribution is 2.18. The zero-order valence-corrected chi connectivity index (χ0v) is 20.4. The van der Waals surface area contributed by atoms with Crippen molar-refractivity contribution < 1.29 is 37.9 Å². The highest BCUT2D eigenvalue weighted by atomic mass is 32.1. The van der Waals surface area contributed by atoms with E-state index in [1.807, 2.05) is 10.8 Å². The molecule has 0 spiro atoms. The lowest BCUT2D eigenvalue weighted by atomic mass is 10.3. The minimum absolute atomic E-state index is 0.348. The number of ether oxygens (including phenoxy) is 8. The molecule has 0 aliphatic rings. The summed E-state index contributed by atoms with van der Waals surface area (Å²) < 4.78 is 43.0. The molecule has 2 heterocycles. The lowest BCUT2D eigenvalue weighted by Crippen LogP contribution is -2.13. The van der Waals surface area contributed by atoms with Crippen molar-refractivity contribution in [2.45, 2.75) is 13.2 Å². The molecule has 0 aliphatic carbocycles. The van der Waals surface area contributed by atoms with Gasteiger partial charge in [0.25, 0.3) is 0 Å². The third kappa shape index (κ3) is 12.7. The first-order chi connectivity index (χ1) is 16.3. The molecule has 0 saturated heterocycles. The molecule has 33 heavy (non-hydrogen) atoms. The van der Waals surface area contributed by atoms with Crippen molar-refractivity contribution in [3.05, 3.63) is 22.1 Å². The average molecular weight is 489 g/mol. The topological polar surface area (TPSA) is 99.6 Å². The van der Waals surface area contributed by atoms with Gasteiger partial charge in [-0.3, -0.25) is 0 Å². The Labute approximate surface area is 199 Å². The molecule has 0 radical (unpaired) electrons. The van der Waals surface area contributed by atoms with Gasteiger partial charge in [0.1, 0.15) is 0 Å². The van der Waals surface area contributed by atoms with Crippen molar-refractivity contribution in [3.8, 4) is 0 Å². The summed E-state index contributed by atoms with van der Waals surface area (Å²) >= 11 is 1.57. The Morgan fingerprint density at radius 2 is 0.848 bits per heavy atom. The number of rotatable bonds is 22. The molecule has 10 nitrogen and oxygen atoms in total. The second-order valence-electron chi connectivity index (χ2n) is 6.80. The van der Waals surface area contributed by atoms with Crippen molar-refractivity contribution in [2.75, 3.05) is 93.5 Å². The predicted octanol–water partition coefficient (Wildman–Crippen LogP) is 2.08. The Morgan fingerprint density at radius 1 is 0.515 bits per heavy atom. The summed E-state index contributed by atoms with van der Waals surface area (Å²) in [5.41, 5.74) is 3.28. The van der Waals surface area contributed by atoms with Crippen molar-refractivity contribution in [3.63, 3.8) is 0 Å². The maximum Gasteiger partial charge on any atom is 0.0998 e. The van der Waals surface area contributed by atoms with E-state index < -0.39 is 0 Å². The fourth-order valence-electron chi connectivity index (χ4n) is 2.60. The van der Waals surface area contributed by atoms with E-state index in [4.69, 9.17) is 37.9 Å². The summed E-state index contributed by atoms with van der Waals surface area (Å²) in [6, 6.07) is 0. The van der Waals surface area contributed by atoms with Crippen LogP contribution in [-0.2, 0) is 51.1 Å². The Kier molecular flexibility index (Phi) is 16.2. The van der Waals surface area contributed by atoms with Gasteiger partial charge < -0.3 is 37.9 Å². The van der Waals surface area contributed by atoms with Crippen molar-refractivity contribution in [1.29, 1.82) is 0 Å². The maximum absolute atomic E-state index is 5.74. The van der Waals surface area contributed by atoms with Crippen molar-refractivity contribution in [1.82, 2.24) is 9.97 Å². The summed E-state index contributed by atoms with van der Waals surface area (Å²) in [6.07, 6.45) is 0. The van der Waals surface area contributed by atoms with Gasteiger partial charge in [0.15, 0.2) is 0 Å². The zero-order valence-electron chi connectivity index (χ0n) is 19.6. The lowest BCUT2D eigenvalue weighted by molar-refractivity contribution is -0.00240. The van der Waals surface area contributed by atoms with E-state index in [1.54, 1.807) is 25.6 Å². The van der Waals surface area contributed by atoms with Gasteiger partial charge >= 0.3 is 0 Å². The van der Waals surface area contributed by atoms with Gasteiger partial charge in [0, 0.05) is 25.0 Å². The summed E-state index contributed by atoms with van der Waals surface area (Å²) in [6.45, 7) is 7.02. The lowest BCUT2D eigenvalue weighted by Gasteiger charge is -2.11. The molecule has 0 aromatic carbocycles. The van der Waals surface area contributed by atoms with E-state index in [-0.39, 0.29) is 0 Å². The third-order valence-corrected chi connectivity index (χ3v) is 5.01. The number of aromatic nitrogens is 2. The van der Waals surface area contributed by atoms with Crippen LogP contribution in [0.25, 0.3) is 11.0 Å². The molecule has 188 valence electrons. The molecule has 0 fully saturated rings. The van der Waals surface area contributed by atoms with Crippen LogP contribution < -0.4 is 0 Å². The fraction of sp³-hybridized carbons (Fsp3) is 0.727. The molecule has 11 heteroatoms. The minimum atomic E-state index is 0.348. The molecule has 0 amide bonds. The fourth-order valence-corrected chi connectivity index (χ4v) is 3.28. The van der Waals surface area contributed by atoms with Crippen LogP contribution in [0.5, 0.6) is 0 Å². The predicted molar refractivity (Wildman–Crippen MR) is 124 cm³/mol. The SMILES string of the molecule is COCCOCCOCCOCc1nc2cscc2nc1COCCOCCOCCOC. The molecular weight excluding hydrogens is 452 g/mol. The van der Waals surface area contributed by atoms with Crippen molar-refractivity contribution >= 4 is 22.4 Å². The van der Waals surface area contributed by atoms with Crippen LogP contribution in [0.4, 0.5) is 0 Å². The van der Waals surface area contributed by atoms with Crippen LogP contribution >= 0.6 is 11.3 Å². The Hall–Kier alpha value is -1.28. The summed E-state index contributed by atoms with van der Waals surface area (Å²) in [4.78, 5) is 9.37. The van der Waals surface area contributed by atoms with Crippen LogP contribution in [0.2, 0.25) is 0 Å². The first-order valence-corrected chi connectivity index (χ1v) is 12.0. The van der Waals surface area contributed by atoms with E-state index in [9.17, 15) is 0 Å². The number of thiophene rings is 1. The first-order valence-electron chi connectivity index (χ1n) is 11.0. The Balaban J connectivity index is 1.62. The largest absolute Gasteiger partial charge is 0.382 e. The molecular formula is C22H36N2O8S. The number of nitrogens with zero attached hydrogens (tertiary/aromatic N) is 2. The van der Waals surface area contributed by atoms with E-state index in [0.717, 1.165) is 22.4 Å². The highest BCUT2D eigenvalue weighted by molar-refractivity contribution is 7.09. The normalized spacial score (nSPS) is 11.6. The molecule has 0 saturated carbocycles. The molecule has 2 rings (SSSR count). The third-order valence-electron chi connectivity index (χ3n) is 4.29. The molecule has 2 aromatic heterocycles. The smallest absolute Gasteiger partial charge is 0.0998 e. The highest BCUT2D eigenvalue weighted by Gasteiger charge is 2.10. The van der Waals surface area contributed by atoms with Gasteiger partial charge in [-0.2, -0.15) is 0 Å². The molecule has 0 bridgehead atoms. The van der Waals surface area contributed by atoms with Crippen LogP contribution in [0, 0.1) is 0 Å². The molecule has 0 atom stereocenters. The van der Waals surface area contributed by atoms with Gasteiger partial charge in [-0.15, -0.1) is 11.3 Å². The molecule has 2 aromatic rings. The quantitative estimate of drug-likeness (QED) is 0.229. The second-order valence-corrected chi connectivity index (χ2v) is 7.54. The number of hydrogen-bond acceptors (Lipinski definition) is 11. The van der Waals surface area contributed by atoms with Crippen LogP contribution in [-0.4, -0.2) is 103 Å². The first kappa shape index (κ1) is 28.0. The van der Waals surface area contributed by atoms with E-state index >= 15 is 0 Å². The van der Waals surface area contributed by atoms with Crippen LogP contribution in [0.3, 0.4) is 0 Å². The second kappa shape index (κ2) is 19.1. The minimum Gasteiger partial charge on any atom is -0.382 e. The molecule has 0 aliphatic heterocycles. The standard InChI is InChI=1S/C22H36N2O8S/c1-25-3-5-27-7-9-29-11-13-31-15-19-20(24-22-18-33-17-21(22)23-19)16-32-14-12-30-10-8-28-6-4-26-2/h17-18H,3-16H2,1-2H3. The molecule has 0 unspecified atom stereocenters. The number of fused-ring (bicyclic) bond motifs is 1. The van der Waals surface area contributed by atoms with Gasteiger partial charge in [0.2, 0.25) is 0 Å². The summed E-state index contributed by atoms with van der Waals surface area (Å²) in [5, 5.41) is 3.96. The van der Waals surface area contributed by atoms with Crippen LogP contribution in [0.1, 0.15) is 11.4 Å². The summed E-state index contributed by atoms with van der Waals surface area (Å²) in [7, 11) is 3.29. The monoisotopic (exact) mass is 488 g/mol. The van der Waals surface area contributed by atoms with E-state index in [1.165, 1.54) is 0 Å². The average Bonchev–Trinajstić information content (AvgIpc) is 3.28. The van der Waals surface area contributed by atoms with Crippen molar-refractivity contribution in [2.24, 2.45) is 0 Å². The molecule has 0 N–H and O–H groups in total. The maximum atomic E-state index is 5.74. The Bertz CT molecular complexity index is 675. The van der Waals surface area contributed by atoms with Gasteiger partial charge in [0.05, 0.1) is 115 Å². The van der Waals surface area contributed by atoms with E-state index in [0.29, 0.717) is 92.5 Å². The number of methoxy groups -OCH3 is 2. The van der Waals surface area contributed by atoms with Gasteiger partial charge in [-0.25, -0.2) is 9.97 Å². The van der Waals surface area contributed by atoms with Crippen LogP contribution in [0.15, 0.2) is 10.8 Å². The summed E-state index contributed by atoms with van der Waals surface area (Å²) in [5.74, 6) is 0. The zero-order chi connectivity index (χ0) is 23.4. The number of hydrogen-bond donors (Lipinski definition) is 0. The van der Waals surface area contributed by atoms with E-state index in [2.05, 4.69) is 9.97 Å². The Morgan fingerprint density at radius 3 is 1.21 bits per heavy atom.